The Balaban J connectivity index is 1.89. The molecule has 1 fully saturated rings. The molecule has 22 heavy (non-hydrogen) atoms. The molecule has 0 saturated carbocycles. The van der Waals surface area contributed by atoms with Crippen LogP contribution in [0.1, 0.15) is 18.4 Å². The van der Waals surface area contributed by atoms with Crippen LogP contribution in [0.4, 0.5) is 8.78 Å². The van der Waals surface area contributed by atoms with Gasteiger partial charge in [-0.15, -0.1) is 0 Å². The zero-order valence-corrected chi connectivity index (χ0v) is 12.7. The molecule has 122 valence electrons. The number of amides is 1. The fraction of sp³-hybridized carbons (Fsp3) is 0.500. The van der Waals surface area contributed by atoms with Crippen molar-refractivity contribution < 1.29 is 22.0 Å². The van der Waals surface area contributed by atoms with Crippen molar-refractivity contribution >= 4 is 15.7 Å². The Morgan fingerprint density at radius 2 is 2.00 bits per heavy atom. The van der Waals surface area contributed by atoms with E-state index in [1.54, 1.807) is 0 Å². The van der Waals surface area contributed by atoms with E-state index in [2.05, 4.69) is 10.6 Å². The van der Waals surface area contributed by atoms with Crippen molar-refractivity contribution in [1.82, 2.24) is 10.6 Å². The lowest BCUT2D eigenvalue weighted by atomic mass is 10.1. The van der Waals surface area contributed by atoms with Crippen LogP contribution in [0.2, 0.25) is 0 Å². The second kappa shape index (κ2) is 7.15. The third-order valence-electron chi connectivity index (χ3n) is 3.56. The normalized spacial score (nSPS) is 18.6. The molecule has 1 unspecified atom stereocenters. The Labute approximate surface area is 128 Å². The van der Waals surface area contributed by atoms with Gasteiger partial charge < -0.3 is 10.6 Å². The summed E-state index contributed by atoms with van der Waals surface area (Å²) < 4.78 is 47.4. The molecule has 0 aliphatic carbocycles. The number of rotatable bonds is 6. The summed E-state index contributed by atoms with van der Waals surface area (Å²) in [6.07, 6.45) is 2.21. The fourth-order valence-electron chi connectivity index (χ4n) is 2.32. The molecular formula is C14H18F2N2O3S. The first-order valence-corrected chi connectivity index (χ1v) is 8.55. The third-order valence-corrected chi connectivity index (χ3v) is 4.96. The second-order valence-corrected chi connectivity index (χ2v) is 7.14. The highest BCUT2D eigenvalue weighted by molar-refractivity contribution is 7.91. The lowest BCUT2D eigenvalue weighted by molar-refractivity contribution is -0.120. The van der Waals surface area contributed by atoms with E-state index in [1.807, 2.05) is 0 Å². The van der Waals surface area contributed by atoms with E-state index in [0.717, 1.165) is 31.5 Å². The van der Waals surface area contributed by atoms with Gasteiger partial charge in [-0.3, -0.25) is 4.79 Å². The van der Waals surface area contributed by atoms with Gasteiger partial charge in [-0.25, -0.2) is 8.42 Å². The Morgan fingerprint density at radius 3 is 2.55 bits per heavy atom. The molecule has 2 N–H and O–H groups in total. The molecule has 1 heterocycles. The van der Waals surface area contributed by atoms with Gasteiger partial charge in [0.25, 0.3) is 0 Å². The number of hydrogen-bond donors (Lipinski definition) is 2. The highest BCUT2D eigenvalue weighted by Gasteiger charge is 2.26. The maximum absolute atomic E-state index is 12.4. The highest BCUT2D eigenvalue weighted by Crippen LogP contribution is 2.18. The molecular weight excluding hydrogens is 314 g/mol. The van der Waals surface area contributed by atoms with Crippen LogP contribution in [0.5, 0.6) is 0 Å². The van der Waals surface area contributed by atoms with E-state index in [0.29, 0.717) is 18.2 Å². The molecule has 1 aliphatic rings. The predicted molar refractivity (Wildman–Crippen MR) is 77.4 cm³/mol. The van der Waals surface area contributed by atoms with Crippen molar-refractivity contribution in [2.24, 2.45) is 0 Å². The average Bonchev–Trinajstić information content (AvgIpc) is 2.99. The summed E-state index contributed by atoms with van der Waals surface area (Å²) in [5.41, 5.74) is 0.574. The van der Waals surface area contributed by atoms with Crippen LogP contribution in [-0.2, 0) is 21.1 Å². The molecule has 2 rings (SSSR count). The lowest BCUT2D eigenvalue weighted by Crippen LogP contribution is -2.37. The average molecular weight is 332 g/mol. The number of hydrogen-bond acceptors (Lipinski definition) is 4. The zero-order chi connectivity index (χ0) is 16.2. The molecule has 8 heteroatoms. The van der Waals surface area contributed by atoms with Gasteiger partial charge in [-0.05, 0) is 37.1 Å². The Bertz CT molecular complexity index is 611. The summed E-state index contributed by atoms with van der Waals surface area (Å²) in [6, 6.07) is 5.25. The molecule has 1 aliphatic heterocycles. The van der Waals surface area contributed by atoms with Gasteiger partial charge in [0.05, 0.1) is 11.3 Å². The van der Waals surface area contributed by atoms with Crippen molar-refractivity contribution in [3.8, 4) is 0 Å². The van der Waals surface area contributed by atoms with Crippen LogP contribution in [0.15, 0.2) is 29.2 Å². The molecule has 1 amide bonds. The SMILES string of the molecule is O=C(Cc1ccc(S(=O)(=O)C(F)F)cc1)NCC1CCCN1. The van der Waals surface area contributed by atoms with Gasteiger partial charge in [0.2, 0.25) is 15.7 Å². The van der Waals surface area contributed by atoms with Gasteiger partial charge >= 0.3 is 5.76 Å². The van der Waals surface area contributed by atoms with E-state index >= 15 is 0 Å². The van der Waals surface area contributed by atoms with E-state index in [-0.39, 0.29) is 12.3 Å². The monoisotopic (exact) mass is 332 g/mol. The van der Waals surface area contributed by atoms with Crippen LogP contribution in [0, 0.1) is 0 Å². The number of alkyl halides is 2. The topological polar surface area (TPSA) is 75.3 Å². The minimum atomic E-state index is -4.59. The van der Waals surface area contributed by atoms with Gasteiger partial charge in [-0.1, -0.05) is 12.1 Å². The van der Waals surface area contributed by atoms with Crippen molar-refractivity contribution in [2.45, 2.75) is 36.0 Å². The summed E-state index contributed by atoms with van der Waals surface area (Å²) in [4.78, 5) is 11.3. The molecule has 1 aromatic carbocycles. The van der Waals surface area contributed by atoms with Gasteiger partial charge in [0.1, 0.15) is 0 Å². The van der Waals surface area contributed by atoms with Crippen molar-refractivity contribution in [3.05, 3.63) is 29.8 Å². The molecule has 0 spiro atoms. The van der Waals surface area contributed by atoms with Crippen LogP contribution < -0.4 is 10.6 Å². The van der Waals surface area contributed by atoms with Crippen LogP contribution in [-0.4, -0.2) is 39.2 Å². The maximum Gasteiger partial charge on any atom is 0.341 e. The molecule has 0 aromatic heterocycles. The number of nitrogens with one attached hydrogen (secondary N) is 2. The van der Waals surface area contributed by atoms with Crippen LogP contribution >= 0.6 is 0 Å². The van der Waals surface area contributed by atoms with E-state index in [1.165, 1.54) is 12.1 Å². The molecule has 0 radical (unpaired) electrons. The Hall–Kier alpha value is -1.54. The number of benzene rings is 1. The Morgan fingerprint density at radius 1 is 1.32 bits per heavy atom. The predicted octanol–water partition coefficient (Wildman–Crippen LogP) is 1.09. The molecule has 1 saturated heterocycles. The van der Waals surface area contributed by atoms with Crippen LogP contribution in [0.3, 0.4) is 0 Å². The quantitative estimate of drug-likeness (QED) is 0.818. The smallest absolute Gasteiger partial charge is 0.341 e. The zero-order valence-electron chi connectivity index (χ0n) is 11.9. The van der Waals surface area contributed by atoms with Crippen molar-refractivity contribution in [1.29, 1.82) is 0 Å². The third kappa shape index (κ3) is 4.23. The number of carbonyl (C=O) groups is 1. The summed E-state index contributed by atoms with van der Waals surface area (Å²) in [7, 11) is -4.59. The highest BCUT2D eigenvalue weighted by atomic mass is 32.2. The number of carbonyl (C=O) groups excluding carboxylic acids is 1. The minimum absolute atomic E-state index is 0.0850. The standard InChI is InChI=1S/C14H18F2N2O3S/c15-14(16)22(20,21)12-5-3-10(4-6-12)8-13(19)18-9-11-2-1-7-17-11/h3-6,11,14,17H,1-2,7-9H2,(H,18,19). The fourth-order valence-corrected chi connectivity index (χ4v) is 3.04. The van der Waals surface area contributed by atoms with E-state index < -0.39 is 20.5 Å². The van der Waals surface area contributed by atoms with Gasteiger partial charge in [-0.2, -0.15) is 8.78 Å². The molecule has 1 atom stereocenters. The molecule has 0 bridgehead atoms. The Kier molecular flexibility index (Phi) is 5.47. The van der Waals surface area contributed by atoms with Crippen molar-refractivity contribution in [3.63, 3.8) is 0 Å². The van der Waals surface area contributed by atoms with Crippen molar-refractivity contribution in [2.75, 3.05) is 13.1 Å². The summed E-state index contributed by atoms with van der Waals surface area (Å²) in [5.74, 6) is -3.63. The lowest BCUT2D eigenvalue weighted by Gasteiger charge is -2.11. The number of sulfone groups is 1. The van der Waals surface area contributed by atoms with Gasteiger partial charge in [0.15, 0.2) is 0 Å². The molecule has 1 aromatic rings. The van der Waals surface area contributed by atoms with E-state index in [9.17, 15) is 22.0 Å². The largest absolute Gasteiger partial charge is 0.354 e. The minimum Gasteiger partial charge on any atom is -0.354 e. The first-order chi connectivity index (χ1) is 10.4. The maximum atomic E-state index is 12.4. The van der Waals surface area contributed by atoms with E-state index in [4.69, 9.17) is 0 Å². The second-order valence-electron chi connectivity index (χ2n) is 5.22. The summed E-state index contributed by atoms with van der Waals surface area (Å²) in [6.45, 7) is 1.51. The molecule has 5 nitrogen and oxygen atoms in total. The number of halogens is 2. The first kappa shape index (κ1) is 16.8. The van der Waals surface area contributed by atoms with Crippen LogP contribution in [0.25, 0.3) is 0 Å². The summed E-state index contributed by atoms with van der Waals surface area (Å²) >= 11 is 0. The van der Waals surface area contributed by atoms with Gasteiger partial charge in [0, 0.05) is 12.6 Å². The first-order valence-electron chi connectivity index (χ1n) is 7.00. The summed E-state index contributed by atoms with van der Waals surface area (Å²) in [5, 5.41) is 6.05.